The molecule has 0 radical (unpaired) electrons. The van der Waals surface area contributed by atoms with Crippen molar-refractivity contribution in [1.29, 1.82) is 0 Å². The Labute approximate surface area is 222 Å². The molecule has 3 aromatic carbocycles. The highest BCUT2D eigenvalue weighted by atomic mass is 19.1. The molecule has 3 aromatic rings. The maximum absolute atomic E-state index is 13.2. The zero-order valence-electron chi connectivity index (χ0n) is 22.1. The molecule has 0 spiro atoms. The number of anilines is 1. The first-order valence-electron chi connectivity index (χ1n) is 12.6. The largest absolute Gasteiger partial charge is 0.478 e. The number of carbonyl (C=O) groups is 2. The number of rotatable bonds is 5. The van der Waals surface area contributed by atoms with Crippen molar-refractivity contribution < 1.29 is 24.2 Å². The van der Waals surface area contributed by atoms with Gasteiger partial charge in [-0.3, -0.25) is 4.79 Å². The topological polar surface area (TPSA) is 86.6 Å². The summed E-state index contributed by atoms with van der Waals surface area (Å²) in [7, 11) is 0. The summed E-state index contributed by atoms with van der Waals surface area (Å²) < 4.78 is 12.9. The highest BCUT2D eigenvalue weighted by Gasteiger charge is 2.39. The SMILES string of the molecule is CC1(C)CCC(C)(C)c2c(NC(=O)c3ccc(CF)cc3)cc(C(O)C#Cc3ccc(C(=O)O)cc3)cc21. The van der Waals surface area contributed by atoms with E-state index in [-0.39, 0.29) is 22.3 Å². The molecule has 5 nitrogen and oxygen atoms in total. The van der Waals surface area contributed by atoms with E-state index in [1.165, 1.54) is 12.1 Å². The van der Waals surface area contributed by atoms with Gasteiger partial charge in [0.1, 0.15) is 12.8 Å². The third-order valence-corrected chi connectivity index (χ3v) is 7.36. The predicted molar refractivity (Wildman–Crippen MR) is 146 cm³/mol. The number of aliphatic hydroxyl groups excluding tert-OH is 1. The molecule has 6 heteroatoms. The molecule has 0 aliphatic heterocycles. The van der Waals surface area contributed by atoms with E-state index < -0.39 is 18.7 Å². The van der Waals surface area contributed by atoms with Crippen LogP contribution < -0.4 is 5.32 Å². The Morgan fingerprint density at radius 3 is 2.16 bits per heavy atom. The lowest BCUT2D eigenvalue weighted by atomic mass is 9.62. The van der Waals surface area contributed by atoms with Gasteiger partial charge in [-0.05, 0) is 88.4 Å². The van der Waals surface area contributed by atoms with Crippen molar-refractivity contribution in [1.82, 2.24) is 0 Å². The molecule has 0 saturated carbocycles. The Balaban J connectivity index is 1.74. The van der Waals surface area contributed by atoms with Gasteiger partial charge in [0.25, 0.3) is 5.91 Å². The molecule has 0 aromatic heterocycles. The zero-order valence-corrected chi connectivity index (χ0v) is 22.1. The van der Waals surface area contributed by atoms with Gasteiger partial charge in [0.2, 0.25) is 0 Å². The Morgan fingerprint density at radius 2 is 1.55 bits per heavy atom. The molecule has 1 amide bonds. The number of carboxylic acids is 1. The third-order valence-electron chi connectivity index (χ3n) is 7.36. The smallest absolute Gasteiger partial charge is 0.335 e. The van der Waals surface area contributed by atoms with Crippen LogP contribution in [0, 0.1) is 11.8 Å². The van der Waals surface area contributed by atoms with Crippen molar-refractivity contribution in [2.45, 2.75) is 64.1 Å². The standard InChI is InChI=1S/C32H32FNO4/c1-31(2)15-16-32(3,4)28-25(31)17-24(27(35)14-9-20-5-12-23(13-6-20)30(37)38)18-26(28)34-29(36)22-10-7-21(19-33)8-11-22/h5-8,10-13,17-18,27,35H,15-16,19H2,1-4H3,(H,34,36)(H,37,38). The van der Waals surface area contributed by atoms with Crippen LogP contribution in [-0.4, -0.2) is 22.1 Å². The van der Waals surface area contributed by atoms with Crippen LogP contribution in [0.15, 0.2) is 60.7 Å². The molecular weight excluding hydrogens is 481 g/mol. The van der Waals surface area contributed by atoms with Gasteiger partial charge in [-0.2, -0.15) is 0 Å². The number of nitrogens with one attached hydrogen (secondary N) is 1. The number of carboxylic acid groups (broad SMARTS) is 1. The number of amides is 1. The van der Waals surface area contributed by atoms with E-state index in [1.807, 2.05) is 6.07 Å². The van der Waals surface area contributed by atoms with Crippen LogP contribution in [0.1, 0.15) is 95.2 Å². The summed E-state index contributed by atoms with van der Waals surface area (Å²) >= 11 is 0. The second kappa shape index (κ2) is 10.4. The predicted octanol–water partition coefficient (Wildman–Crippen LogP) is 6.54. The third kappa shape index (κ3) is 5.64. The fraction of sp³-hybridized carbons (Fsp3) is 0.312. The van der Waals surface area contributed by atoms with E-state index in [0.717, 1.165) is 24.0 Å². The van der Waals surface area contributed by atoms with E-state index in [4.69, 9.17) is 5.11 Å². The van der Waals surface area contributed by atoms with Crippen LogP contribution in [0.3, 0.4) is 0 Å². The first-order chi connectivity index (χ1) is 17.9. The summed E-state index contributed by atoms with van der Waals surface area (Å²) in [5.41, 5.74) is 4.57. The molecule has 4 rings (SSSR count). The summed E-state index contributed by atoms with van der Waals surface area (Å²) in [5.74, 6) is 4.44. The molecule has 38 heavy (non-hydrogen) atoms. The van der Waals surface area contributed by atoms with Crippen LogP contribution in [0.4, 0.5) is 10.1 Å². The van der Waals surface area contributed by atoms with Gasteiger partial charge in [-0.1, -0.05) is 57.7 Å². The molecule has 0 fully saturated rings. The minimum atomic E-state index is -1.13. The molecule has 1 unspecified atom stereocenters. The minimum absolute atomic E-state index is 0.162. The molecule has 0 saturated heterocycles. The molecule has 0 heterocycles. The lowest BCUT2D eigenvalue weighted by Gasteiger charge is -2.43. The number of fused-ring (bicyclic) bond motifs is 1. The fourth-order valence-corrected chi connectivity index (χ4v) is 4.94. The normalized spacial score (nSPS) is 15.9. The van der Waals surface area contributed by atoms with Gasteiger partial charge in [0.15, 0.2) is 0 Å². The Kier molecular flexibility index (Phi) is 7.44. The van der Waals surface area contributed by atoms with Crippen LogP contribution in [-0.2, 0) is 17.5 Å². The summed E-state index contributed by atoms with van der Waals surface area (Å²) in [6.07, 6.45) is 0.765. The van der Waals surface area contributed by atoms with E-state index in [0.29, 0.717) is 27.9 Å². The summed E-state index contributed by atoms with van der Waals surface area (Å²) in [4.78, 5) is 24.3. The molecule has 3 N–H and O–H groups in total. The number of carbonyl (C=O) groups excluding carboxylic acids is 1. The van der Waals surface area contributed by atoms with E-state index in [9.17, 15) is 19.1 Å². The molecule has 1 atom stereocenters. The summed E-state index contributed by atoms with van der Waals surface area (Å²) in [6.45, 7) is 8.04. The molecule has 196 valence electrons. The highest BCUT2D eigenvalue weighted by Crippen LogP contribution is 2.49. The number of hydrogen-bond donors (Lipinski definition) is 3. The van der Waals surface area contributed by atoms with E-state index in [1.54, 1.807) is 42.5 Å². The van der Waals surface area contributed by atoms with Gasteiger partial charge in [-0.25, -0.2) is 9.18 Å². The Hall–Kier alpha value is -3.95. The van der Waals surface area contributed by atoms with Crippen LogP contribution in [0.5, 0.6) is 0 Å². The second-order valence-corrected chi connectivity index (χ2v) is 11.1. The van der Waals surface area contributed by atoms with Crippen molar-refractivity contribution in [3.05, 3.63) is 99.6 Å². The molecule has 1 aliphatic rings. The highest BCUT2D eigenvalue weighted by molar-refractivity contribution is 6.05. The van der Waals surface area contributed by atoms with Crippen LogP contribution in [0.2, 0.25) is 0 Å². The Morgan fingerprint density at radius 1 is 0.947 bits per heavy atom. The van der Waals surface area contributed by atoms with Gasteiger partial charge in [0, 0.05) is 16.8 Å². The van der Waals surface area contributed by atoms with Crippen molar-refractivity contribution in [3.8, 4) is 11.8 Å². The van der Waals surface area contributed by atoms with Gasteiger partial charge in [0.05, 0.1) is 5.56 Å². The number of alkyl halides is 1. The van der Waals surface area contributed by atoms with Gasteiger partial charge < -0.3 is 15.5 Å². The lowest BCUT2D eigenvalue weighted by molar-refractivity contribution is 0.0696. The molecular formula is C32H32FNO4. The maximum atomic E-state index is 13.2. The maximum Gasteiger partial charge on any atom is 0.335 e. The summed E-state index contributed by atoms with van der Waals surface area (Å²) in [5, 5.41) is 23.2. The van der Waals surface area contributed by atoms with Crippen molar-refractivity contribution in [3.63, 3.8) is 0 Å². The first kappa shape index (κ1) is 27.1. The van der Waals surface area contributed by atoms with Gasteiger partial charge in [-0.15, -0.1) is 0 Å². The van der Waals surface area contributed by atoms with E-state index >= 15 is 0 Å². The number of aliphatic hydroxyl groups is 1. The average Bonchev–Trinajstić information content (AvgIpc) is 2.89. The van der Waals surface area contributed by atoms with Crippen molar-refractivity contribution in [2.24, 2.45) is 0 Å². The van der Waals surface area contributed by atoms with Crippen LogP contribution >= 0.6 is 0 Å². The van der Waals surface area contributed by atoms with Gasteiger partial charge >= 0.3 is 5.97 Å². The fourth-order valence-electron chi connectivity index (χ4n) is 4.94. The number of aromatic carboxylic acids is 1. The average molecular weight is 514 g/mol. The number of halogens is 1. The summed E-state index contributed by atoms with van der Waals surface area (Å²) in [6, 6.07) is 16.3. The van der Waals surface area contributed by atoms with Crippen molar-refractivity contribution >= 4 is 17.6 Å². The van der Waals surface area contributed by atoms with E-state index in [2.05, 4.69) is 44.9 Å². The quantitative estimate of drug-likeness (QED) is 0.338. The zero-order chi connectivity index (χ0) is 27.7. The molecule has 0 bridgehead atoms. The van der Waals surface area contributed by atoms with Crippen molar-refractivity contribution in [2.75, 3.05) is 5.32 Å². The first-order valence-corrected chi connectivity index (χ1v) is 12.6. The Bertz CT molecular complexity index is 1430. The molecule has 1 aliphatic carbocycles. The van der Waals surface area contributed by atoms with Crippen LogP contribution in [0.25, 0.3) is 0 Å². The minimum Gasteiger partial charge on any atom is -0.478 e. The lowest BCUT2D eigenvalue weighted by Crippen LogP contribution is -2.35. The number of benzene rings is 3. The number of hydrogen-bond acceptors (Lipinski definition) is 3. The second-order valence-electron chi connectivity index (χ2n) is 11.1. The monoisotopic (exact) mass is 513 g/mol.